The van der Waals surface area contributed by atoms with Crippen LogP contribution in [0, 0.1) is 13.8 Å². The number of ether oxygens (including phenoxy) is 2. The van der Waals surface area contributed by atoms with E-state index in [9.17, 15) is 14.4 Å². The SMILES string of the molecule is Cc1ccc(C)c(NC(=O)COc2ccc(/C=C3\SC(=O)N(CCOc4cccc5ccccc45)C3=O)cc2Cl)c1. The lowest BCUT2D eigenvalue weighted by Crippen LogP contribution is -2.32. The summed E-state index contributed by atoms with van der Waals surface area (Å²) in [5.74, 6) is 0.335. The number of nitrogens with zero attached hydrogens (tertiary/aromatic N) is 1. The maximum atomic E-state index is 13.0. The second-order valence-corrected chi connectivity index (χ2v) is 10.9. The van der Waals surface area contributed by atoms with Gasteiger partial charge in [-0.3, -0.25) is 19.3 Å². The molecular weight excluding hydrogens is 560 g/mol. The second kappa shape index (κ2) is 12.5. The van der Waals surface area contributed by atoms with Crippen molar-refractivity contribution in [3.63, 3.8) is 0 Å². The van der Waals surface area contributed by atoms with Crippen molar-refractivity contribution >= 4 is 63.0 Å². The maximum absolute atomic E-state index is 13.0. The van der Waals surface area contributed by atoms with Gasteiger partial charge in [-0.15, -0.1) is 0 Å². The average molecular weight is 587 g/mol. The van der Waals surface area contributed by atoms with Gasteiger partial charge < -0.3 is 14.8 Å². The molecular formula is C32H27ClN2O5S. The van der Waals surface area contributed by atoms with Crippen molar-refractivity contribution in [1.29, 1.82) is 0 Å². The van der Waals surface area contributed by atoms with Crippen LogP contribution in [0.3, 0.4) is 0 Å². The Morgan fingerprint density at radius 1 is 0.951 bits per heavy atom. The molecule has 7 nitrogen and oxygen atoms in total. The molecule has 0 aliphatic carbocycles. The molecule has 1 saturated heterocycles. The number of benzene rings is 4. The number of nitrogens with one attached hydrogen (secondary N) is 1. The highest BCUT2D eigenvalue weighted by Crippen LogP contribution is 2.34. The Morgan fingerprint density at radius 3 is 2.59 bits per heavy atom. The summed E-state index contributed by atoms with van der Waals surface area (Å²) in [6, 6.07) is 24.4. The molecule has 1 aliphatic rings. The first-order chi connectivity index (χ1) is 19.8. The summed E-state index contributed by atoms with van der Waals surface area (Å²) in [6.45, 7) is 3.96. The van der Waals surface area contributed by atoms with Crippen LogP contribution in [0.5, 0.6) is 11.5 Å². The third-order valence-electron chi connectivity index (χ3n) is 6.48. The molecule has 1 fully saturated rings. The quantitative estimate of drug-likeness (QED) is 0.208. The highest BCUT2D eigenvalue weighted by molar-refractivity contribution is 8.18. The predicted molar refractivity (Wildman–Crippen MR) is 164 cm³/mol. The van der Waals surface area contributed by atoms with Crippen LogP contribution in [0.15, 0.2) is 83.8 Å². The van der Waals surface area contributed by atoms with Crippen LogP contribution in [0.4, 0.5) is 10.5 Å². The summed E-state index contributed by atoms with van der Waals surface area (Å²) in [7, 11) is 0. The lowest BCUT2D eigenvalue weighted by atomic mass is 10.1. The largest absolute Gasteiger partial charge is 0.491 e. The standard InChI is InChI=1S/C32H27ClN2O5S/c1-20-10-11-21(2)26(16-20)34-30(36)19-40-28-13-12-22(17-25(28)33)18-29-31(37)35(32(38)41-29)14-15-39-27-9-5-7-23-6-3-4-8-24(23)27/h3-13,16-18H,14-15,19H2,1-2H3,(H,34,36)/b29-18-. The normalized spacial score (nSPS) is 14.1. The molecule has 1 N–H and O–H groups in total. The first kappa shape index (κ1) is 28.3. The number of anilines is 1. The van der Waals surface area contributed by atoms with Gasteiger partial charge in [0.05, 0.1) is 16.5 Å². The topological polar surface area (TPSA) is 84.9 Å². The van der Waals surface area contributed by atoms with Crippen LogP contribution in [0.25, 0.3) is 16.8 Å². The van der Waals surface area contributed by atoms with E-state index in [0.29, 0.717) is 17.1 Å². The molecule has 0 aromatic heterocycles. The molecule has 0 spiro atoms. The molecule has 0 atom stereocenters. The summed E-state index contributed by atoms with van der Waals surface area (Å²) >= 11 is 7.26. The summed E-state index contributed by atoms with van der Waals surface area (Å²) in [5.41, 5.74) is 3.35. The van der Waals surface area contributed by atoms with E-state index in [1.54, 1.807) is 24.3 Å². The monoisotopic (exact) mass is 586 g/mol. The van der Waals surface area contributed by atoms with Gasteiger partial charge in [-0.25, -0.2) is 0 Å². The van der Waals surface area contributed by atoms with E-state index in [1.807, 2.05) is 74.5 Å². The van der Waals surface area contributed by atoms with Crippen molar-refractivity contribution in [2.45, 2.75) is 13.8 Å². The number of fused-ring (bicyclic) bond motifs is 1. The Bertz CT molecular complexity index is 1680. The van der Waals surface area contributed by atoms with Gasteiger partial charge in [0.15, 0.2) is 6.61 Å². The van der Waals surface area contributed by atoms with Crippen LogP contribution in [0.2, 0.25) is 5.02 Å². The molecule has 1 aliphatic heterocycles. The van der Waals surface area contributed by atoms with Crippen molar-refractivity contribution < 1.29 is 23.9 Å². The van der Waals surface area contributed by atoms with Gasteiger partial charge in [-0.05, 0) is 78.0 Å². The van der Waals surface area contributed by atoms with Gasteiger partial charge in [0.1, 0.15) is 18.1 Å². The third-order valence-corrected chi connectivity index (χ3v) is 7.68. The number of rotatable bonds is 9. The average Bonchev–Trinajstić information content (AvgIpc) is 3.22. The summed E-state index contributed by atoms with van der Waals surface area (Å²) in [6.07, 6.45) is 1.61. The Labute approximate surface area is 247 Å². The molecule has 0 bridgehead atoms. The number of halogens is 1. The van der Waals surface area contributed by atoms with Crippen LogP contribution < -0.4 is 14.8 Å². The molecule has 4 aromatic carbocycles. The number of aryl methyl sites for hydroxylation is 2. The van der Waals surface area contributed by atoms with Gasteiger partial charge in [0, 0.05) is 11.1 Å². The highest BCUT2D eigenvalue weighted by Gasteiger charge is 2.34. The van der Waals surface area contributed by atoms with Crippen LogP contribution in [-0.4, -0.2) is 41.7 Å². The number of amides is 3. The Balaban J connectivity index is 1.17. The van der Waals surface area contributed by atoms with Crippen molar-refractivity contribution in [2.24, 2.45) is 0 Å². The molecule has 208 valence electrons. The van der Waals surface area contributed by atoms with Crippen LogP contribution in [-0.2, 0) is 9.59 Å². The minimum absolute atomic E-state index is 0.128. The van der Waals surface area contributed by atoms with E-state index in [4.69, 9.17) is 21.1 Å². The number of carbonyl (C=O) groups is 3. The van der Waals surface area contributed by atoms with E-state index in [0.717, 1.165) is 39.3 Å². The predicted octanol–water partition coefficient (Wildman–Crippen LogP) is 7.24. The van der Waals surface area contributed by atoms with Crippen molar-refractivity contribution in [2.75, 3.05) is 25.1 Å². The van der Waals surface area contributed by atoms with Crippen molar-refractivity contribution in [1.82, 2.24) is 4.90 Å². The second-order valence-electron chi connectivity index (χ2n) is 9.50. The zero-order valence-corrected chi connectivity index (χ0v) is 24.1. The molecule has 4 aromatic rings. The number of imide groups is 1. The number of hydrogen-bond donors (Lipinski definition) is 1. The van der Waals surface area contributed by atoms with Crippen LogP contribution >= 0.6 is 23.4 Å². The Hall–Kier alpha value is -4.27. The summed E-state index contributed by atoms with van der Waals surface area (Å²) in [5, 5.41) is 4.78. The smallest absolute Gasteiger partial charge is 0.293 e. The first-order valence-electron chi connectivity index (χ1n) is 12.9. The van der Waals surface area contributed by atoms with E-state index < -0.39 is 0 Å². The molecule has 3 amide bonds. The van der Waals surface area contributed by atoms with Gasteiger partial charge in [0.25, 0.3) is 17.1 Å². The Morgan fingerprint density at radius 2 is 1.76 bits per heavy atom. The summed E-state index contributed by atoms with van der Waals surface area (Å²) in [4.78, 5) is 39.4. The number of carbonyl (C=O) groups excluding carboxylic acids is 3. The zero-order valence-electron chi connectivity index (χ0n) is 22.5. The number of thioether (sulfide) groups is 1. The zero-order chi connectivity index (χ0) is 28.9. The molecule has 0 unspecified atom stereocenters. The lowest BCUT2D eigenvalue weighted by Gasteiger charge is -2.14. The van der Waals surface area contributed by atoms with Gasteiger partial charge in [-0.2, -0.15) is 0 Å². The van der Waals surface area contributed by atoms with Gasteiger partial charge in [0.2, 0.25) is 0 Å². The van der Waals surface area contributed by atoms with Gasteiger partial charge in [-0.1, -0.05) is 66.2 Å². The van der Waals surface area contributed by atoms with E-state index >= 15 is 0 Å². The van der Waals surface area contributed by atoms with Crippen molar-refractivity contribution in [3.05, 3.63) is 105 Å². The minimum Gasteiger partial charge on any atom is -0.491 e. The minimum atomic E-state index is -0.388. The highest BCUT2D eigenvalue weighted by atomic mass is 35.5. The molecule has 1 heterocycles. The molecule has 0 radical (unpaired) electrons. The Kier molecular flexibility index (Phi) is 8.61. The molecule has 9 heteroatoms. The number of hydrogen-bond acceptors (Lipinski definition) is 6. The lowest BCUT2D eigenvalue weighted by molar-refractivity contribution is -0.123. The fourth-order valence-corrected chi connectivity index (χ4v) is 5.45. The van der Waals surface area contributed by atoms with Crippen LogP contribution in [0.1, 0.15) is 16.7 Å². The molecule has 0 saturated carbocycles. The fraction of sp³-hybridized carbons (Fsp3) is 0.156. The van der Waals surface area contributed by atoms with Gasteiger partial charge >= 0.3 is 0 Å². The fourth-order valence-electron chi connectivity index (χ4n) is 4.34. The van der Waals surface area contributed by atoms with E-state index in [1.165, 1.54) is 4.90 Å². The molecule has 41 heavy (non-hydrogen) atoms. The molecule has 5 rings (SSSR count). The first-order valence-corrected chi connectivity index (χ1v) is 14.1. The van der Waals surface area contributed by atoms with E-state index in [-0.39, 0.29) is 46.7 Å². The summed E-state index contributed by atoms with van der Waals surface area (Å²) < 4.78 is 11.5. The van der Waals surface area contributed by atoms with Crippen molar-refractivity contribution in [3.8, 4) is 11.5 Å². The van der Waals surface area contributed by atoms with E-state index in [2.05, 4.69) is 5.32 Å². The third kappa shape index (κ3) is 6.73. The maximum Gasteiger partial charge on any atom is 0.293 e.